The van der Waals surface area contributed by atoms with Crippen LogP contribution in [0.5, 0.6) is 0 Å². The fourth-order valence-electron chi connectivity index (χ4n) is 3.32. The van der Waals surface area contributed by atoms with Crippen LogP contribution in [0.4, 0.5) is 0 Å². The van der Waals surface area contributed by atoms with Crippen LogP contribution in [0.1, 0.15) is 38.7 Å². The smallest absolute Gasteiger partial charge is 0.234 e. The Labute approximate surface area is 124 Å². The van der Waals surface area contributed by atoms with E-state index in [1.807, 2.05) is 35.8 Å². The summed E-state index contributed by atoms with van der Waals surface area (Å²) in [6.07, 6.45) is 5.72. The number of hydrogen-bond donors (Lipinski definition) is 0. The van der Waals surface area contributed by atoms with Crippen molar-refractivity contribution < 1.29 is 9.59 Å². The Hall–Kier alpha value is -1.91. The molecule has 2 amide bonds. The number of rotatable bonds is 2. The molecule has 0 radical (unpaired) electrons. The summed E-state index contributed by atoms with van der Waals surface area (Å²) in [5, 5.41) is 0. The molecule has 3 rings (SSSR count). The second kappa shape index (κ2) is 5.13. The van der Waals surface area contributed by atoms with E-state index in [0.29, 0.717) is 13.0 Å². The Bertz CT molecular complexity index is 556. The van der Waals surface area contributed by atoms with Crippen LogP contribution in [0.3, 0.4) is 0 Å². The monoisotopic (exact) mass is 287 g/mol. The highest BCUT2D eigenvalue weighted by molar-refractivity contribution is 5.89. The van der Waals surface area contributed by atoms with E-state index in [2.05, 4.69) is 4.98 Å². The van der Waals surface area contributed by atoms with E-state index in [-0.39, 0.29) is 18.0 Å². The average molecular weight is 287 g/mol. The van der Waals surface area contributed by atoms with Gasteiger partial charge in [0.15, 0.2) is 0 Å². The Balaban J connectivity index is 1.86. The van der Waals surface area contributed by atoms with Crippen molar-refractivity contribution in [1.82, 2.24) is 14.8 Å². The number of carbonyl (C=O) groups is 2. The van der Waals surface area contributed by atoms with Crippen molar-refractivity contribution in [2.45, 2.75) is 44.7 Å². The molecule has 0 aliphatic carbocycles. The summed E-state index contributed by atoms with van der Waals surface area (Å²) < 4.78 is 0. The summed E-state index contributed by atoms with van der Waals surface area (Å²) in [4.78, 5) is 32.8. The van der Waals surface area contributed by atoms with Crippen molar-refractivity contribution in [2.75, 3.05) is 13.1 Å². The maximum absolute atomic E-state index is 13.0. The predicted octanol–water partition coefficient (Wildman–Crippen LogP) is 1.54. The van der Waals surface area contributed by atoms with Crippen LogP contribution < -0.4 is 0 Å². The number of hydrogen-bond acceptors (Lipinski definition) is 3. The minimum atomic E-state index is -0.622. The fourth-order valence-corrected chi connectivity index (χ4v) is 3.32. The van der Waals surface area contributed by atoms with Gasteiger partial charge in [-0.05, 0) is 38.3 Å². The zero-order chi connectivity index (χ0) is 15.0. The highest BCUT2D eigenvalue weighted by Crippen LogP contribution is 2.32. The van der Waals surface area contributed by atoms with E-state index in [4.69, 9.17) is 0 Å². The van der Waals surface area contributed by atoms with Crippen LogP contribution in [0.2, 0.25) is 0 Å². The van der Waals surface area contributed by atoms with Gasteiger partial charge >= 0.3 is 0 Å². The highest BCUT2D eigenvalue weighted by Gasteiger charge is 2.44. The van der Waals surface area contributed by atoms with Crippen molar-refractivity contribution in [1.29, 1.82) is 0 Å². The molecule has 2 aliphatic rings. The van der Waals surface area contributed by atoms with E-state index in [1.54, 1.807) is 12.4 Å². The van der Waals surface area contributed by atoms with Crippen molar-refractivity contribution in [3.05, 3.63) is 30.1 Å². The van der Waals surface area contributed by atoms with Crippen molar-refractivity contribution >= 4 is 11.8 Å². The molecular weight excluding hydrogens is 266 g/mol. The highest BCUT2D eigenvalue weighted by atomic mass is 16.2. The van der Waals surface area contributed by atoms with Gasteiger partial charge in [-0.2, -0.15) is 0 Å². The van der Waals surface area contributed by atoms with Crippen molar-refractivity contribution in [3.8, 4) is 0 Å². The molecule has 2 saturated heterocycles. The van der Waals surface area contributed by atoms with E-state index < -0.39 is 5.41 Å². The molecule has 2 fully saturated rings. The lowest BCUT2D eigenvalue weighted by atomic mass is 9.83. The summed E-state index contributed by atoms with van der Waals surface area (Å²) >= 11 is 0. The third-order valence-electron chi connectivity index (χ3n) is 4.65. The lowest BCUT2D eigenvalue weighted by Crippen LogP contribution is -2.58. The molecule has 2 aliphatic heterocycles. The number of amides is 2. The summed E-state index contributed by atoms with van der Waals surface area (Å²) in [5.74, 6) is 0.264. The topological polar surface area (TPSA) is 53.5 Å². The predicted molar refractivity (Wildman–Crippen MR) is 78.3 cm³/mol. The van der Waals surface area contributed by atoms with Gasteiger partial charge in [-0.15, -0.1) is 0 Å². The molecule has 1 unspecified atom stereocenters. The molecule has 5 nitrogen and oxygen atoms in total. The summed E-state index contributed by atoms with van der Waals surface area (Å²) in [5.41, 5.74) is 0.291. The van der Waals surface area contributed by atoms with E-state index >= 15 is 0 Å². The zero-order valence-electron chi connectivity index (χ0n) is 12.6. The molecule has 112 valence electrons. The first-order chi connectivity index (χ1) is 10.0. The largest absolute Gasteiger partial charge is 0.322 e. The molecule has 5 heteroatoms. The fraction of sp³-hybridized carbons (Fsp3) is 0.562. The SMILES string of the molecule is CC(C)(C(=O)N1CCC(=O)N2CCCC21)c1cccnc1. The van der Waals surface area contributed by atoms with Crippen LogP contribution >= 0.6 is 0 Å². The second-order valence-electron chi connectivity index (χ2n) is 6.33. The third kappa shape index (κ3) is 2.30. The average Bonchev–Trinajstić information content (AvgIpc) is 2.98. The number of nitrogens with zero attached hydrogens (tertiary/aromatic N) is 3. The molecule has 21 heavy (non-hydrogen) atoms. The van der Waals surface area contributed by atoms with E-state index in [0.717, 1.165) is 24.9 Å². The maximum atomic E-state index is 13.0. The first kappa shape index (κ1) is 14.0. The lowest BCUT2D eigenvalue weighted by molar-refractivity contribution is -0.153. The van der Waals surface area contributed by atoms with Crippen LogP contribution in [0.25, 0.3) is 0 Å². The van der Waals surface area contributed by atoms with Gasteiger partial charge in [0.25, 0.3) is 0 Å². The molecule has 1 atom stereocenters. The van der Waals surface area contributed by atoms with Crippen LogP contribution in [-0.2, 0) is 15.0 Å². The number of carbonyl (C=O) groups excluding carboxylic acids is 2. The number of aromatic nitrogens is 1. The van der Waals surface area contributed by atoms with E-state index in [1.165, 1.54) is 0 Å². The summed E-state index contributed by atoms with van der Waals surface area (Å²) in [6.45, 7) is 5.17. The second-order valence-corrected chi connectivity index (χ2v) is 6.33. The van der Waals surface area contributed by atoms with Crippen LogP contribution in [0, 0.1) is 0 Å². The van der Waals surface area contributed by atoms with Crippen LogP contribution in [0.15, 0.2) is 24.5 Å². The van der Waals surface area contributed by atoms with Gasteiger partial charge in [-0.25, -0.2) is 0 Å². The molecule has 3 heterocycles. The van der Waals surface area contributed by atoms with Crippen molar-refractivity contribution in [3.63, 3.8) is 0 Å². The Morgan fingerprint density at radius 2 is 2.19 bits per heavy atom. The van der Waals surface area contributed by atoms with Gasteiger partial charge in [-0.1, -0.05) is 6.07 Å². The lowest BCUT2D eigenvalue weighted by Gasteiger charge is -2.43. The Morgan fingerprint density at radius 3 is 2.90 bits per heavy atom. The van der Waals surface area contributed by atoms with Gasteiger partial charge in [0.1, 0.15) is 6.17 Å². The minimum Gasteiger partial charge on any atom is -0.322 e. The Kier molecular flexibility index (Phi) is 3.43. The summed E-state index contributed by atoms with van der Waals surface area (Å²) in [6, 6.07) is 3.79. The summed E-state index contributed by atoms with van der Waals surface area (Å²) in [7, 11) is 0. The molecule has 1 aromatic rings. The van der Waals surface area contributed by atoms with Gasteiger partial charge in [0.2, 0.25) is 11.8 Å². The minimum absolute atomic E-state index is 0.0466. The standard InChI is InChI=1S/C16H21N3O2/c1-16(2,12-5-3-8-17-11-12)15(21)19-10-7-14(20)18-9-4-6-13(18)19/h3,5,8,11,13H,4,6-7,9-10H2,1-2H3. The third-order valence-corrected chi connectivity index (χ3v) is 4.65. The van der Waals surface area contributed by atoms with Crippen LogP contribution in [-0.4, -0.2) is 45.9 Å². The zero-order valence-corrected chi connectivity index (χ0v) is 12.6. The number of fused-ring (bicyclic) bond motifs is 1. The molecular formula is C16H21N3O2. The quantitative estimate of drug-likeness (QED) is 0.829. The van der Waals surface area contributed by atoms with E-state index in [9.17, 15) is 9.59 Å². The van der Waals surface area contributed by atoms with Gasteiger partial charge in [-0.3, -0.25) is 14.6 Å². The molecule has 0 N–H and O–H groups in total. The maximum Gasteiger partial charge on any atom is 0.234 e. The first-order valence-electron chi connectivity index (χ1n) is 7.53. The number of pyridine rings is 1. The first-order valence-corrected chi connectivity index (χ1v) is 7.53. The van der Waals surface area contributed by atoms with Gasteiger partial charge in [0.05, 0.1) is 5.41 Å². The normalized spacial score (nSPS) is 22.4. The molecule has 0 bridgehead atoms. The molecule has 0 spiro atoms. The Morgan fingerprint density at radius 1 is 1.38 bits per heavy atom. The molecule has 1 aromatic heterocycles. The molecule has 0 aromatic carbocycles. The van der Waals surface area contributed by atoms with Gasteiger partial charge in [0, 0.05) is 31.9 Å². The van der Waals surface area contributed by atoms with Crippen molar-refractivity contribution in [2.24, 2.45) is 0 Å². The molecule has 0 saturated carbocycles. The van der Waals surface area contributed by atoms with Gasteiger partial charge < -0.3 is 9.80 Å².